The van der Waals surface area contributed by atoms with Crippen LogP contribution in [0, 0.1) is 11.8 Å². The summed E-state index contributed by atoms with van der Waals surface area (Å²) in [5.41, 5.74) is 3.21. The number of benzene rings is 3. The van der Waals surface area contributed by atoms with Crippen molar-refractivity contribution in [2.45, 2.75) is 24.9 Å². The maximum absolute atomic E-state index is 5.89. The maximum Gasteiger partial charge on any atom is 0.106 e. The van der Waals surface area contributed by atoms with E-state index in [0.717, 1.165) is 31.7 Å². The third-order valence-corrected chi connectivity index (χ3v) is 5.68. The van der Waals surface area contributed by atoms with Gasteiger partial charge in [-0.1, -0.05) is 90.7 Å². The number of rotatable bonds is 4. The smallest absolute Gasteiger partial charge is 0.106 e. The van der Waals surface area contributed by atoms with Gasteiger partial charge in [-0.2, -0.15) is 0 Å². The van der Waals surface area contributed by atoms with Crippen LogP contribution in [0.25, 0.3) is 0 Å². The molecule has 146 valence electrons. The molecule has 1 fully saturated rings. The number of ether oxygens (including phenoxy) is 1. The highest BCUT2D eigenvalue weighted by atomic mass is 16.5. The molecule has 1 aliphatic rings. The van der Waals surface area contributed by atoms with E-state index < -0.39 is 0 Å². The SMILES string of the molecule is C[C@](C#Cc1ccccc1)(c1ccccc1)N1CCOC[C@@H]1Cc1ccccc1. The van der Waals surface area contributed by atoms with Gasteiger partial charge in [0.05, 0.1) is 13.2 Å². The summed E-state index contributed by atoms with van der Waals surface area (Å²) in [6, 6.07) is 31.8. The van der Waals surface area contributed by atoms with Gasteiger partial charge < -0.3 is 4.74 Å². The van der Waals surface area contributed by atoms with Gasteiger partial charge in [-0.15, -0.1) is 0 Å². The number of hydrogen-bond acceptors (Lipinski definition) is 2. The molecular weight excluding hydrogens is 354 g/mol. The molecule has 0 unspecified atom stereocenters. The third-order valence-electron chi connectivity index (χ3n) is 5.68. The highest BCUT2D eigenvalue weighted by Crippen LogP contribution is 2.32. The Labute approximate surface area is 174 Å². The van der Waals surface area contributed by atoms with Crippen LogP contribution in [0.15, 0.2) is 91.0 Å². The molecule has 1 aliphatic heterocycles. The normalized spacial score (nSPS) is 19.0. The fourth-order valence-electron chi connectivity index (χ4n) is 4.09. The molecular formula is C27H27NO. The Kier molecular flexibility index (Phi) is 6.10. The van der Waals surface area contributed by atoms with Crippen LogP contribution in [0.4, 0.5) is 0 Å². The van der Waals surface area contributed by atoms with Crippen LogP contribution in [0.5, 0.6) is 0 Å². The summed E-state index contributed by atoms with van der Waals surface area (Å²) >= 11 is 0. The first-order valence-corrected chi connectivity index (χ1v) is 10.3. The van der Waals surface area contributed by atoms with Crippen LogP contribution in [-0.2, 0) is 16.7 Å². The molecule has 3 aromatic rings. The fourth-order valence-corrected chi connectivity index (χ4v) is 4.09. The van der Waals surface area contributed by atoms with Crippen molar-refractivity contribution in [3.05, 3.63) is 108 Å². The van der Waals surface area contributed by atoms with E-state index >= 15 is 0 Å². The molecule has 0 saturated carbocycles. The topological polar surface area (TPSA) is 12.5 Å². The Bertz CT molecular complexity index is 959. The Morgan fingerprint density at radius 2 is 1.52 bits per heavy atom. The van der Waals surface area contributed by atoms with E-state index in [0.29, 0.717) is 0 Å². The second kappa shape index (κ2) is 9.09. The van der Waals surface area contributed by atoms with E-state index in [-0.39, 0.29) is 11.6 Å². The van der Waals surface area contributed by atoms with Gasteiger partial charge in [-0.05, 0) is 36.6 Å². The molecule has 0 aliphatic carbocycles. The molecule has 2 nitrogen and oxygen atoms in total. The lowest BCUT2D eigenvalue weighted by molar-refractivity contribution is -0.0443. The van der Waals surface area contributed by atoms with Crippen molar-refractivity contribution < 1.29 is 4.74 Å². The summed E-state index contributed by atoms with van der Waals surface area (Å²) in [5, 5.41) is 0. The molecule has 3 aromatic carbocycles. The first-order valence-electron chi connectivity index (χ1n) is 10.3. The van der Waals surface area contributed by atoms with Gasteiger partial charge in [-0.3, -0.25) is 4.90 Å². The van der Waals surface area contributed by atoms with Crippen LogP contribution >= 0.6 is 0 Å². The second-order valence-electron chi connectivity index (χ2n) is 7.67. The highest BCUT2D eigenvalue weighted by Gasteiger charge is 2.38. The van der Waals surface area contributed by atoms with Crippen molar-refractivity contribution in [2.75, 3.05) is 19.8 Å². The lowest BCUT2D eigenvalue weighted by atomic mass is 9.87. The first kappa shape index (κ1) is 19.5. The number of morpholine rings is 1. The second-order valence-corrected chi connectivity index (χ2v) is 7.67. The molecule has 0 N–H and O–H groups in total. The minimum Gasteiger partial charge on any atom is -0.378 e. The van der Waals surface area contributed by atoms with E-state index in [1.54, 1.807) is 0 Å². The van der Waals surface area contributed by atoms with Crippen LogP contribution in [0.1, 0.15) is 23.6 Å². The quantitative estimate of drug-likeness (QED) is 0.596. The summed E-state index contributed by atoms with van der Waals surface area (Å²) in [6.45, 7) is 4.58. The summed E-state index contributed by atoms with van der Waals surface area (Å²) in [6.07, 6.45) is 0.955. The monoisotopic (exact) mass is 381 g/mol. The van der Waals surface area contributed by atoms with Crippen molar-refractivity contribution in [3.8, 4) is 11.8 Å². The lowest BCUT2D eigenvalue weighted by Gasteiger charge is -2.45. The molecule has 1 heterocycles. The summed E-state index contributed by atoms with van der Waals surface area (Å²) in [7, 11) is 0. The van der Waals surface area contributed by atoms with E-state index in [2.05, 4.69) is 96.5 Å². The average Bonchev–Trinajstić information content (AvgIpc) is 2.80. The first-order chi connectivity index (χ1) is 14.3. The molecule has 0 spiro atoms. The zero-order valence-electron chi connectivity index (χ0n) is 16.9. The van der Waals surface area contributed by atoms with E-state index in [4.69, 9.17) is 4.74 Å². The Morgan fingerprint density at radius 1 is 0.897 bits per heavy atom. The summed E-state index contributed by atoms with van der Waals surface area (Å²) < 4.78 is 5.89. The van der Waals surface area contributed by atoms with Crippen LogP contribution in [0.3, 0.4) is 0 Å². The van der Waals surface area contributed by atoms with E-state index in [9.17, 15) is 0 Å². The Morgan fingerprint density at radius 3 is 2.21 bits per heavy atom. The average molecular weight is 382 g/mol. The fraction of sp³-hybridized carbons (Fsp3) is 0.259. The van der Waals surface area contributed by atoms with Gasteiger partial charge in [0.25, 0.3) is 0 Å². The van der Waals surface area contributed by atoms with E-state index in [1.807, 2.05) is 18.2 Å². The summed E-state index contributed by atoms with van der Waals surface area (Å²) in [4.78, 5) is 2.54. The predicted octanol–water partition coefficient (Wildman–Crippen LogP) is 4.90. The molecule has 2 heteroatoms. The Balaban J connectivity index is 1.72. The summed E-state index contributed by atoms with van der Waals surface area (Å²) in [5.74, 6) is 7.07. The number of nitrogens with zero attached hydrogens (tertiary/aromatic N) is 1. The van der Waals surface area contributed by atoms with Crippen LogP contribution in [-0.4, -0.2) is 30.7 Å². The minimum absolute atomic E-state index is 0.279. The van der Waals surface area contributed by atoms with Gasteiger partial charge >= 0.3 is 0 Å². The van der Waals surface area contributed by atoms with Crippen molar-refractivity contribution in [1.82, 2.24) is 4.90 Å². The molecule has 0 aromatic heterocycles. The number of hydrogen-bond donors (Lipinski definition) is 0. The molecule has 1 saturated heterocycles. The van der Waals surface area contributed by atoms with E-state index in [1.165, 1.54) is 11.1 Å². The van der Waals surface area contributed by atoms with Gasteiger partial charge in [0.2, 0.25) is 0 Å². The van der Waals surface area contributed by atoms with Crippen molar-refractivity contribution in [2.24, 2.45) is 0 Å². The molecule has 2 atom stereocenters. The molecule has 4 rings (SSSR count). The third kappa shape index (κ3) is 4.59. The van der Waals surface area contributed by atoms with Crippen molar-refractivity contribution in [3.63, 3.8) is 0 Å². The van der Waals surface area contributed by atoms with Gasteiger partial charge in [0.15, 0.2) is 0 Å². The van der Waals surface area contributed by atoms with Crippen molar-refractivity contribution in [1.29, 1.82) is 0 Å². The molecule has 0 amide bonds. The Hall–Kier alpha value is -2.86. The van der Waals surface area contributed by atoms with Gasteiger partial charge in [-0.25, -0.2) is 0 Å². The highest BCUT2D eigenvalue weighted by molar-refractivity contribution is 5.41. The van der Waals surface area contributed by atoms with Crippen LogP contribution < -0.4 is 0 Å². The molecule has 0 bridgehead atoms. The molecule has 29 heavy (non-hydrogen) atoms. The predicted molar refractivity (Wildman–Crippen MR) is 119 cm³/mol. The van der Waals surface area contributed by atoms with Crippen molar-refractivity contribution >= 4 is 0 Å². The van der Waals surface area contributed by atoms with Crippen LogP contribution in [0.2, 0.25) is 0 Å². The zero-order chi connectivity index (χ0) is 19.9. The lowest BCUT2D eigenvalue weighted by Crippen LogP contribution is -2.55. The molecule has 0 radical (unpaired) electrons. The standard InChI is InChI=1S/C27H27NO/c1-27(25-15-9-4-10-16-25,18-17-23-11-5-2-6-12-23)28-19-20-29-22-26(28)21-24-13-7-3-8-14-24/h2-16,26H,19-22H2,1H3/t26-,27-/m0/s1. The minimum atomic E-state index is -0.389. The zero-order valence-corrected chi connectivity index (χ0v) is 16.9. The van der Waals surface area contributed by atoms with Gasteiger partial charge in [0, 0.05) is 18.2 Å². The maximum atomic E-state index is 5.89. The largest absolute Gasteiger partial charge is 0.378 e. The van der Waals surface area contributed by atoms with Gasteiger partial charge in [0.1, 0.15) is 5.54 Å².